The second kappa shape index (κ2) is 5.96. The number of ether oxygens (including phenoxy) is 1. The quantitative estimate of drug-likeness (QED) is 0.840. The predicted octanol–water partition coefficient (Wildman–Crippen LogP) is 2.14. The molecule has 0 spiro atoms. The minimum atomic E-state index is -1.02. The van der Waals surface area contributed by atoms with Crippen LogP contribution in [0.2, 0.25) is 0 Å². The number of carboxylic acid groups (broad SMARTS) is 1. The summed E-state index contributed by atoms with van der Waals surface area (Å²) < 4.78 is 7.21. The van der Waals surface area contributed by atoms with E-state index in [0.29, 0.717) is 11.3 Å². The molecule has 0 aliphatic carbocycles. The molecule has 0 fully saturated rings. The van der Waals surface area contributed by atoms with Gasteiger partial charge in [-0.3, -0.25) is 4.68 Å². The van der Waals surface area contributed by atoms with E-state index in [1.54, 1.807) is 17.1 Å². The molecule has 0 unspecified atom stereocenters. The second-order valence-electron chi connectivity index (χ2n) is 4.32. The average Bonchev–Trinajstić information content (AvgIpc) is 2.86. The molecule has 0 aliphatic rings. The van der Waals surface area contributed by atoms with Gasteiger partial charge in [0, 0.05) is 30.1 Å². The number of rotatable bonds is 5. The molecule has 104 valence electrons. The minimum Gasteiger partial charge on any atom is -0.478 e. The summed E-state index contributed by atoms with van der Waals surface area (Å²) in [6.07, 6.45) is 8.73. The first-order valence-electron chi connectivity index (χ1n) is 5.99. The van der Waals surface area contributed by atoms with Gasteiger partial charge in [0.1, 0.15) is 0 Å². The molecule has 2 aromatic heterocycles. The van der Waals surface area contributed by atoms with Crippen LogP contribution < -0.4 is 4.74 Å². The summed E-state index contributed by atoms with van der Waals surface area (Å²) in [6.45, 7) is 4.02. The van der Waals surface area contributed by atoms with Gasteiger partial charge in [-0.1, -0.05) is 0 Å². The van der Waals surface area contributed by atoms with E-state index in [1.807, 2.05) is 13.8 Å². The molecule has 2 aromatic rings. The maximum Gasteiger partial charge on any atom is 0.328 e. The highest BCUT2D eigenvalue weighted by atomic mass is 16.5. The Bertz CT molecular complexity index is 617. The van der Waals surface area contributed by atoms with Crippen LogP contribution in [0.15, 0.2) is 30.9 Å². The Morgan fingerprint density at radius 1 is 1.35 bits per heavy atom. The number of hydrogen-bond donors (Lipinski definition) is 1. The topological polar surface area (TPSA) is 90.1 Å². The van der Waals surface area contributed by atoms with Gasteiger partial charge >= 0.3 is 12.0 Å². The van der Waals surface area contributed by atoms with Crippen molar-refractivity contribution in [3.05, 3.63) is 36.4 Å². The molecule has 7 heteroatoms. The zero-order valence-electron chi connectivity index (χ0n) is 11.1. The smallest absolute Gasteiger partial charge is 0.328 e. The zero-order chi connectivity index (χ0) is 14.5. The molecule has 0 bridgehead atoms. The largest absolute Gasteiger partial charge is 0.478 e. The Kier molecular flexibility index (Phi) is 4.09. The Hall–Kier alpha value is -2.70. The van der Waals surface area contributed by atoms with Gasteiger partial charge in [0.2, 0.25) is 0 Å². The lowest BCUT2D eigenvalue weighted by atomic mass is 10.3. The molecule has 0 amide bonds. The van der Waals surface area contributed by atoms with Crippen molar-refractivity contribution in [3.63, 3.8) is 0 Å². The van der Waals surface area contributed by atoms with Gasteiger partial charge in [0.05, 0.1) is 12.4 Å². The summed E-state index contributed by atoms with van der Waals surface area (Å²) in [5, 5.41) is 12.6. The first kappa shape index (κ1) is 13.7. The summed E-state index contributed by atoms with van der Waals surface area (Å²) in [5.41, 5.74) is 0.581. The molecule has 0 saturated heterocycles. The molecule has 0 radical (unpaired) electrons. The number of aliphatic carboxylic acids is 1. The van der Waals surface area contributed by atoms with E-state index < -0.39 is 5.97 Å². The van der Waals surface area contributed by atoms with Gasteiger partial charge in [-0.15, -0.1) is 0 Å². The van der Waals surface area contributed by atoms with Crippen LogP contribution in [0.5, 0.6) is 11.8 Å². The van der Waals surface area contributed by atoms with Crippen LogP contribution in [0.1, 0.15) is 25.5 Å². The Morgan fingerprint density at radius 2 is 2.05 bits per heavy atom. The first-order valence-corrected chi connectivity index (χ1v) is 5.99. The minimum absolute atomic E-state index is 0.181. The molecule has 0 atom stereocenters. The number of nitrogens with zero attached hydrogens (tertiary/aromatic N) is 4. The Labute approximate surface area is 115 Å². The number of hydrogen-bond acceptors (Lipinski definition) is 5. The van der Waals surface area contributed by atoms with Gasteiger partial charge in [-0.25, -0.2) is 14.8 Å². The highest BCUT2D eigenvalue weighted by Crippen LogP contribution is 2.18. The third-order valence-electron chi connectivity index (χ3n) is 2.38. The molecule has 7 nitrogen and oxygen atoms in total. The van der Waals surface area contributed by atoms with Crippen LogP contribution in [0.25, 0.3) is 6.08 Å². The van der Waals surface area contributed by atoms with Crippen LogP contribution >= 0.6 is 0 Å². The highest BCUT2D eigenvalue weighted by molar-refractivity contribution is 5.85. The number of carbonyl (C=O) groups is 1. The van der Waals surface area contributed by atoms with Crippen molar-refractivity contribution < 1.29 is 14.6 Å². The zero-order valence-corrected chi connectivity index (χ0v) is 11.1. The van der Waals surface area contributed by atoms with Crippen molar-refractivity contribution >= 4 is 12.0 Å². The van der Waals surface area contributed by atoms with E-state index in [9.17, 15) is 4.79 Å². The molecule has 0 aliphatic heterocycles. The van der Waals surface area contributed by atoms with Crippen molar-refractivity contribution in [1.82, 2.24) is 19.7 Å². The predicted molar refractivity (Wildman–Crippen MR) is 71.4 cm³/mol. The second-order valence-corrected chi connectivity index (χ2v) is 4.32. The SMILES string of the molecule is CC(C)n1cc(Oc2ncc(/C=C/C(=O)O)cn2)cn1. The molecule has 2 heterocycles. The van der Waals surface area contributed by atoms with Crippen molar-refractivity contribution in [2.24, 2.45) is 0 Å². The summed E-state index contributed by atoms with van der Waals surface area (Å²) in [4.78, 5) is 18.4. The lowest BCUT2D eigenvalue weighted by Gasteiger charge is -2.03. The third kappa shape index (κ3) is 3.64. The average molecular weight is 274 g/mol. The van der Waals surface area contributed by atoms with E-state index in [2.05, 4.69) is 15.1 Å². The van der Waals surface area contributed by atoms with E-state index in [1.165, 1.54) is 18.5 Å². The van der Waals surface area contributed by atoms with Crippen molar-refractivity contribution in [1.29, 1.82) is 0 Å². The monoisotopic (exact) mass is 274 g/mol. The fraction of sp³-hybridized carbons (Fsp3) is 0.231. The van der Waals surface area contributed by atoms with Gasteiger partial charge in [-0.05, 0) is 19.9 Å². The standard InChI is InChI=1S/C13H14N4O3/c1-9(2)17-8-11(7-16-17)20-13-14-5-10(6-15-13)3-4-12(18)19/h3-9H,1-2H3,(H,18,19)/b4-3+. The molecular formula is C13H14N4O3. The highest BCUT2D eigenvalue weighted by Gasteiger charge is 2.05. The van der Waals surface area contributed by atoms with Gasteiger partial charge in [0.15, 0.2) is 5.75 Å². The fourth-order valence-corrected chi connectivity index (χ4v) is 1.39. The van der Waals surface area contributed by atoms with E-state index in [4.69, 9.17) is 9.84 Å². The molecule has 20 heavy (non-hydrogen) atoms. The van der Waals surface area contributed by atoms with Crippen LogP contribution in [0, 0.1) is 0 Å². The summed E-state index contributed by atoms with van der Waals surface area (Å²) in [6, 6.07) is 0.428. The number of carboxylic acids is 1. The van der Waals surface area contributed by atoms with Crippen LogP contribution in [-0.4, -0.2) is 30.8 Å². The summed E-state index contributed by atoms with van der Waals surface area (Å²) in [5.74, 6) is -0.473. The lowest BCUT2D eigenvalue weighted by molar-refractivity contribution is -0.131. The maximum absolute atomic E-state index is 10.4. The van der Waals surface area contributed by atoms with Gasteiger partial charge in [-0.2, -0.15) is 5.10 Å². The molecule has 0 saturated carbocycles. The van der Waals surface area contributed by atoms with E-state index >= 15 is 0 Å². The molecular weight excluding hydrogens is 260 g/mol. The van der Waals surface area contributed by atoms with Crippen molar-refractivity contribution in [2.45, 2.75) is 19.9 Å². The third-order valence-corrected chi connectivity index (χ3v) is 2.38. The maximum atomic E-state index is 10.4. The first-order chi connectivity index (χ1) is 9.54. The molecule has 0 aromatic carbocycles. The fourth-order valence-electron chi connectivity index (χ4n) is 1.39. The van der Waals surface area contributed by atoms with Crippen LogP contribution in [-0.2, 0) is 4.79 Å². The van der Waals surface area contributed by atoms with E-state index in [0.717, 1.165) is 6.08 Å². The molecule has 2 rings (SSSR count). The van der Waals surface area contributed by atoms with Crippen LogP contribution in [0.4, 0.5) is 0 Å². The lowest BCUT2D eigenvalue weighted by Crippen LogP contribution is -1.99. The summed E-state index contributed by atoms with van der Waals surface area (Å²) in [7, 11) is 0. The normalized spacial score (nSPS) is 11.2. The molecule has 1 N–H and O–H groups in total. The Balaban J connectivity index is 2.04. The van der Waals surface area contributed by atoms with Crippen molar-refractivity contribution in [2.75, 3.05) is 0 Å². The van der Waals surface area contributed by atoms with Crippen LogP contribution in [0.3, 0.4) is 0 Å². The van der Waals surface area contributed by atoms with Gasteiger partial charge in [0.25, 0.3) is 0 Å². The number of aromatic nitrogens is 4. The Morgan fingerprint density at radius 3 is 2.60 bits per heavy atom. The van der Waals surface area contributed by atoms with E-state index in [-0.39, 0.29) is 12.1 Å². The van der Waals surface area contributed by atoms with Crippen molar-refractivity contribution in [3.8, 4) is 11.8 Å². The summed E-state index contributed by atoms with van der Waals surface area (Å²) >= 11 is 0. The van der Waals surface area contributed by atoms with Gasteiger partial charge < -0.3 is 9.84 Å².